The molecule has 1 atom stereocenters. The van der Waals surface area contributed by atoms with Crippen molar-refractivity contribution in [3.8, 4) is 22.6 Å². The minimum atomic E-state index is -1.22. The maximum atomic E-state index is 12.5. The summed E-state index contributed by atoms with van der Waals surface area (Å²) < 4.78 is 13.5. The molecule has 0 unspecified atom stereocenters. The predicted octanol–water partition coefficient (Wildman–Crippen LogP) is 5.36. The van der Waals surface area contributed by atoms with Gasteiger partial charge in [-0.05, 0) is 17.9 Å². The van der Waals surface area contributed by atoms with E-state index in [1.807, 2.05) is 28.8 Å². The van der Waals surface area contributed by atoms with Gasteiger partial charge in [0.25, 0.3) is 0 Å². The van der Waals surface area contributed by atoms with Crippen LogP contribution in [0.15, 0.2) is 62.7 Å². The van der Waals surface area contributed by atoms with Crippen molar-refractivity contribution in [2.45, 2.75) is 33.2 Å². The number of rotatable bonds is 2. The maximum Gasteiger partial charge on any atom is 0.341 e. The number of fused-ring (bicyclic) bond motifs is 5. The van der Waals surface area contributed by atoms with Gasteiger partial charge < -0.3 is 18.5 Å². The van der Waals surface area contributed by atoms with Gasteiger partial charge in [-0.25, -0.2) is 4.79 Å². The molecule has 0 radical (unpaired) electrons. The molecular formula is C24H21NO5. The van der Waals surface area contributed by atoms with Crippen LogP contribution in [0.2, 0.25) is 0 Å². The van der Waals surface area contributed by atoms with E-state index in [1.165, 1.54) is 12.3 Å². The minimum Gasteiger partial charge on any atom is -0.477 e. The second kappa shape index (κ2) is 6.23. The summed E-state index contributed by atoms with van der Waals surface area (Å²) in [4.78, 5) is 24.1. The van der Waals surface area contributed by atoms with Crippen LogP contribution in [0.25, 0.3) is 33.6 Å². The van der Waals surface area contributed by atoms with Crippen LogP contribution < -0.4 is 5.43 Å². The summed E-state index contributed by atoms with van der Waals surface area (Å²) in [5.74, 6) is -0.601. The molecule has 3 aromatic heterocycles. The molecule has 0 aliphatic carbocycles. The summed E-state index contributed by atoms with van der Waals surface area (Å²) in [6.07, 6.45) is 5.43. The van der Waals surface area contributed by atoms with Gasteiger partial charge in [-0.1, -0.05) is 39.0 Å². The number of aromatic nitrogens is 1. The Kier molecular flexibility index (Phi) is 3.84. The third kappa shape index (κ3) is 2.64. The number of hydrogen-bond donors (Lipinski definition) is 1. The van der Waals surface area contributed by atoms with Crippen molar-refractivity contribution in [2.24, 2.45) is 5.41 Å². The van der Waals surface area contributed by atoms with Gasteiger partial charge >= 0.3 is 5.97 Å². The molecule has 30 heavy (non-hydrogen) atoms. The fourth-order valence-electron chi connectivity index (χ4n) is 4.39. The van der Waals surface area contributed by atoms with Crippen molar-refractivity contribution in [2.75, 3.05) is 0 Å². The lowest BCUT2D eigenvalue weighted by Crippen LogP contribution is -2.32. The first kappa shape index (κ1) is 18.5. The second-order valence-electron chi connectivity index (χ2n) is 8.84. The van der Waals surface area contributed by atoms with Crippen LogP contribution in [0.3, 0.4) is 0 Å². The number of hydrogen-bond acceptors (Lipinski definition) is 4. The van der Waals surface area contributed by atoms with Gasteiger partial charge in [-0.3, -0.25) is 4.79 Å². The average molecular weight is 403 g/mol. The molecule has 4 heterocycles. The van der Waals surface area contributed by atoms with E-state index >= 15 is 0 Å². The van der Waals surface area contributed by atoms with Crippen LogP contribution in [-0.2, 0) is 6.42 Å². The molecule has 6 heteroatoms. The zero-order chi connectivity index (χ0) is 21.2. The lowest BCUT2D eigenvalue weighted by molar-refractivity contribution is 0.0693. The fourth-order valence-corrected chi connectivity index (χ4v) is 4.39. The third-order valence-electron chi connectivity index (χ3n) is 5.93. The molecule has 152 valence electrons. The molecule has 0 spiro atoms. The summed E-state index contributed by atoms with van der Waals surface area (Å²) in [5, 5.41) is 10.5. The highest BCUT2D eigenvalue weighted by Gasteiger charge is 2.36. The van der Waals surface area contributed by atoms with Gasteiger partial charge in [0.05, 0.1) is 18.2 Å². The maximum absolute atomic E-state index is 12.5. The molecule has 5 rings (SSSR count). The number of benzene rings is 1. The van der Waals surface area contributed by atoms with Gasteiger partial charge in [0.2, 0.25) is 0 Å². The molecule has 0 bridgehead atoms. The lowest BCUT2D eigenvalue weighted by atomic mass is 9.79. The molecule has 6 nitrogen and oxygen atoms in total. The largest absolute Gasteiger partial charge is 0.477 e. The highest BCUT2D eigenvalue weighted by molar-refractivity contribution is 5.98. The lowest BCUT2D eigenvalue weighted by Gasteiger charge is -2.37. The molecule has 1 N–H and O–H groups in total. The monoisotopic (exact) mass is 403 g/mol. The Labute approximate surface area is 172 Å². The Morgan fingerprint density at radius 3 is 2.70 bits per heavy atom. The van der Waals surface area contributed by atoms with E-state index in [2.05, 4.69) is 20.8 Å². The van der Waals surface area contributed by atoms with Crippen LogP contribution >= 0.6 is 0 Å². The fraction of sp³-hybridized carbons (Fsp3) is 0.250. The predicted molar refractivity (Wildman–Crippen MR) is 113 cm³/mol. The number of carboxylic acid groups (broad SMARTS) is 1. The summed E-state index contributed by atoms with van der Waals surface area (Å²) in [6, 6.07) is 9.23. The van der Waals surface area contributed by atoms with Gasteiger partial charge in [-0.15, -0.1) is 0 Å². The van der Waals surface area contributed by atoms with Crippen molar-refractivity contribution in [3.05, 3.63) is 70.4 Å². The summed E-state index contributed by atoms with van der Waals surface area (Å²) >= 11 is 0. The zero-order valence-corrected chi connectivity index (χ0v) is 16.9. The van der Waals surface area contributed by atoms with E-state index < -0.39 is 11.4 Å². The van der Waals surface area contributed by atoms with Crippen LogP contribution in [0.5, 0.6) is 0 Å². The second-order valence-corrected chi connectivity index (χ2v) is 8.84. The molecule has 1 aliphatic heterocycles. The standard InChI is InChI=1S/C24H21NO5/c1-24(2,3)20-9-16-15-6-4-5-14(13-7-8-29-12-13)21(15)30-22(16)18-10-19(26)17(23(27)28)11-25(18)20/h4-8,10-12,20H,9H2,1-3H3,(H,27,28)/t20-/m0/s1. The Morgan fingerprint density at radius 2 is 2.03 bits per heavy atom. The summed E-state index contributed by atoms with van der Waals surface area (Å²) in [7, 11) is 0. The molecule has 1 aromatic carbocycles. The van der Waals surface area contributed by atoms with Crippen molar-refractivity contribution >= 4 is 16.9 Å². The number of para-hydroxylation sites is 1. The summed E-state index contributed by atoms with van der Waals surface area (Å²) in [6.45, 7) is 6.35. The highest BCUT2D eigenvalue weighted by atomic mass is 16.4. The van der Waals surface area contributed by atoms with Crippen molar-refractivity contribution in [1.29, 1.82) is 0 Å². The van der Waals surface area contributed by atoms with E-state index in [-0.39, 0.29) is 17.0 Å². The summed E-state index contributed by atoms with van der Waals surface area (Å²) in [5.41, 5.74) is 3.30. The third-order valence-corrected chi connectivity index (χ3v) is 5.93. The molecule has 1 aliphatic rings. The highest BCUT2D eigenvalue weighted by Crippen LogP contribution is 2.47. The van der Waals surface area contributed by atoms with Crippen LogP contribution in [0, 0.1) is 5.41 Å². The molecular weight excluding hydrogens is 382 g/mol. The SMILES string of the molecule is CC(C)(C)[C@@H]1Cc2c(oc3c(-c4ccoc4)cccc23)-c2cc(=O)c(C(=O)O)cn21. The number of carbonyl (C=O) groups is 1. The van der Waals surface area contributed by atoms with Crippen molar-refractivity contribution in [3.63, 3.8) is 0 Å². The molecule has 4 aromatic rings. The van der Waals surface area contributed by atoms with Gasteiger partial charge in [0.15, 0.2) is 11.2 Å². The zero-order valence-electron chi connectivity index (χ0n) is 16.9. The Balaban J connectivity index is 1.84. The van der Waals surface area contributed by atoms with E-state index in [4.69, 9.17) is 8.83 Å². The first-order valence-electron chi connectivity index (χ1n) is 9.82. The Bertz CT molecular complexity index is 1350. The van der Waals surface area contributed by atoms with Crippen LogP contribution in [0.1, 0.15) is 42.7 Å². The van der Waals surface area contributed by atoms with Gasteiger partial charge in [-0.2, -0.15) is 0 Å². The quantitative estimate of drug-likeness (QED) is 0.487. The topological polar surface area (TPSA) is 85.6 Å². The molecule has 0 saturated carbocycles. The first-order chi connectivity index (χ1) is 14.3. The molecule has 0 amide bonds. The van der Waals surface area contributed by atoms with Crippen LogP contribution in [0.4, 0.5) is 0 Å². The molecule has 0 saturated heterocycles. The average Bonchev–Trinajstić information content (AvgIpc) is 3.33. The van der Waals surface area contributed by atoms with Crippen molar-refractivity contribution in [1.82, 2.24) is 4.57 Å². The smallest absolute Gasteiger partial charge is 0.341 e. The Hall–Kier alpha value is -3.54. The number of pyridine rings is 1. The molecule has 0 fully saturated rings. The Morgan fingerprint density at radius 1 is 1.23 bits per heavy atom. The van der Waals surface area contributed by atoms with E-state index in [0.29, 0.717) is 17.9 Å². The first-order valence-corrected chi connectivity index (χ1v) is 9.82. The van der Waals surface area contributed by atoms with Gasteiger partial charge in [0.1, 0.15) is 11.1 Å². The number of aromatic carboxylic acids is 1. The number of nitrogens with zero attached hydrogens (tertiary/aromatic N) is 1. The minimum absolute atomic E-state index is 0.0305. The number of carboxylic acids is 1. The van der Waals surface area contributed by atoms with Crippen molar-refractivity contribution < 1.29 is 18.7 Å². The van der Waals surface area contributed by atoms with E-state index in [1.54, 1.807) is 12.5 Å². The number of furan rings is 2. The van der Waals surface area contributed by atoms with Gasteiger partial charge in [0, 0.05) is 40.4 Å². The van der Waals surface area contributed by atoms with E-state index in [9.17, 15) is 14.7 Å². The van der Waals surface area contributed by atoms with E-state index in [0.717, 1.165) is 27.7 Å². The van der Waals surface area contributed by atoms with Crippen LogP contribution in [-0.4, -0.2) is 15.6 Å². The normalized spacial score (nSPS) is 15.8.